The van der Waals surface area contributed by atoms with Crippen LogP contribution in [0.15, 0.2) is 23.1 Å². The summed E-state index contributed by atoms with van der Waals surface area (Å²) >= 11 is 5.68. The minimum Gasteiger partial charge on any atom is -0.207 e. The summed E-state index contributed by atoms with van der Waals surface area (Å²) in [6, 6.07) is 1.77. The van der Waals surface area contributed by atoms with E-state index in [1.807, 2.05) is 13.8 Å². The summed E-state index contributed by atoms with van der Waals surface area (Å²) < 4.78 is 52.7. The molecule has 0 heterocycles. The maximum atomic E-state index is 13.5. The number of nitrogens with one attached hydrogen (secondary N) is 1. The van der Waals surface area contributed by atoms with E-state index in [1.54, 1.807) is 0 Å². The quantitative estimate of drug-likeness (QED) is 0.821. The first-order chi connectivity index (χ1) is 8.76. The molecule has 1 aromatic carbocycles. The Morgan fingerprint density at radius 2 is 1.95 bits per heavy atom. The lowest BCUT2D eigenvalue weighted by atomic mass is 10.1. The average molecular weight is 312 g/mol. The van der Waals surface area contributed by atoms with Crippen LogP contribution in [0.3, 0.4) is 0 Å². The lowest BCUT2D eigenvalue weighted by Crippen LogP contribution is -2.37. The van der Waals surface area contributed by atoms with E-state index in [-0.39, 0.29) is 11.8 Å². The fraction of sp³-hybridized carbons (Fsp3) is 0.500. The first-order valence-corrected chi connectivity index (χ1v) is 7.81. The zero-order valence-electron chi connectivity index (χ0n) is 10.7. The van der Waals surface area contributed by atoms with Gasteiger partial charge in [0.1, 0.15) is 16.5 Å². The predicted molar refractivity (Wildman–Crippen MR) is 70.6 cm³/mol. The molecule has 0 spiro atoms. The zero-order chi connectivity index (χ0) is 14.6. The third-order valence-corrected chi connectivity index (χ3v) is 4.35. The van der Waals surface area contributed by atoms with Crippen molar-refractivity contribution in [2.24, 2.45) is 5.92 Å². The van der Waals surface area contributed by atoms with E-state index in [2.05, 4.69) is 4.72 Å². The molecule has 19 heavy (non-hydrogen) atoms. The third-order valence-electron chi connectivity index (χ3n) is 2.45. The summed E-state index contributed by atoms with van der Waals surface area (Å²) in [5.41, 5.74) is 0. The Balaban J connectivity index is 3.00. The van der Waals surface area contributed by atoms with E-state index < -0.39 is 32.6 Å². The molecule has 1 aromatic rings. The van der Waals surface area contributed by atoms with E-state index in [4.69, 9.17) is 11.6 Å². The fourth-order valence-corrected chi connectivity index (χ4v) is 3.31. The summed E-state index contributed by atoms with van der Waals surface area (Å²) in [4.78, 5) is -0.702. The molecule has 1 atom stereocenters. The molecule has 7 heteroatoms. The zero-order valence-corrected chi connectivity index (χ0v) is 12.2. The predicted octanol–water partition coefficient (Wildman–Crippen LogP) is 2.90. The number of alkyl halides is 1. The largest absolute Gasteiger partial charge is 0.243 e. The highest BCUT2D eigenvalue weighted by Crippen LogP contribution is 2.17. The summed E-state index contributed by atoms with van der Waals surface area (Å²) in [7, 11) is -4.12. The lowest BCUT2D eigenvalue weighted by Gasteiger charge is -2.18. The Labute approximate surface area is 117 Å². The minimum atomic E-state index is -4.12. The standard InChI is InChI=1S/C12H16ClF2NO2S/c1-8(2)5-10(7-13)16-19(17,18)12-6-9(14)3-4-11(12)15/h3-4,6,8,10,16H,5,7H2,1-2H3. The molecule has 0 fully saturated rings. The Bertz CT molecular complexity index is 535. The highest BCUT2D eigenvalue weighted by molar-refractivity contribution is 7.89. The van der Waals surface area contributed by atoms with Crippen LogP contribution in [-0.4, -0.2) is 20.3 Å². The van der Waals surface area contributed by atoms with Crippen LogP contribution in [0.4, 0.5) is 8.78 Å². The fourth-order valence-electron chi connectivity index (χ4n) is 1.68. The van der Waals surface area contributed by atoms with Crippen molar-refractivity contribution in [1.82, 2.24) is 4.72 Å². The van der Waals surface area contributed by atoms with Gasteiger partial charge >= 0.3 is 0 Å². The summed E-state index contributed by atoms with van der Waals surface area (Å²) in [6.45, 7) is 3.83. The molecule has 1 N–H and O–H groups in total. The molecule has 1 rings (SSSR count). The van der Waals surface area contributed by atoms with Crippen LogP contribution >= 0.6 is 11.6 Å². The second kappa shape index (κ2) is 6.63. The minimum absolute atomic E-state index is 0.0638. The van der Waals surface area contributed by atoms with Crippen molar-refractivity contribution in [3.8, 4) is 0 Å². The molecule has 0 amide bonds. The summed E-state index contributed by atoms with van der Waals surface area (Å²) in [6.07, 6.45) is 0.514. The van der Waals surface area contributed by atoms with Crippen molar-refractivity contribution in [2.45, 2.75) is 31.2 Å². The van der Waals surface area contributed by atoms with Gasteiger partial charge in [0, 0.05) is 11.9 Å². The van der Waals surface area contributed by atoms with Crippen LogP contribution in [-0.2, 0) is 10.0 Å². The molecule has 0 saturated heterocycles. The maximum absolute atomic E-state index is 13.5. The van der Waals surface area contributed by atoms with E-state index in [0.717, 1.165) is 12.1 Å². The van der Waals surface area contributed by atoms with Crippen LogP contribution in [0.5, 0.6) is 0 Å². The lowest BCUT2D eigenvalue weighted by molar-refractivity contribution is 0.481. The van der Waals surface area contributed by atoms with Gasteiger partial charge in [0.25, 0.3) is 0 Å². The molecule has 1 unspecified atom stereocenters. The summed E-state index contributed by atoms with van der Waals surface area (Å²) in [5, 5.41) is 0. The number of benzene rings is 1. The van der Waals surface area contributed by atoms with Gasteiger partial charge in [-0.3, -0.25) is 0 Å². The normalized spacial score (nSPS) is 13.8. The number of sulfonamides is 1. The third kappa shape index (κ3) is 4.71. The molecule has 108 valence electrons. The molecule has 0 aromatic heterocycles. The highest BCUT2D eigenvalue weighted by atomic mass is 35.5. The number of rotatable bonds is 6. The molecule has 0 radical (unpaired) electrons. The van der Waals surface area contributed by atoms with Gasteiger partial charge in [-0.05, 0) is 30.5 Å². The van der Waals surface area contributed by atoms with Crippen LogP contribution in [0.25, 0.3) is 0 Å². The van der Waals surface area contributed by atoms with Gasteiger partial charge in [-0.1, -0.05) is 13.8 Å². The Morgan fingerprint density at radius 1 is 1.32 bits per heavy atom. The van der Waals surface area contributed by atoms with E-state index >= 15 is 0 Å². The van der Waals surface area contributed by atoms with Crippen molar-refractivity contribution in [3.63, 3.8) is 0 Å². The number of hydrogen-bond donors (Lipinski definition) is 1. The SMILES string of the molecule is CC(C)CC(CCl)NS(=O)(=O)c1cc(F)ccc1F. The Hall–Kier alpha value is -0.720. The van der Waals surface area contributed by atoms with Gasteiger partial charge in [0.15, 0.2) is 0 Å². The molecule has 0 aliphatic rings. The molecule has 0 saturated carbocycles. The van der Waals surface area contributed by atoms with Crippen molar-refractivity contribution in [3.05, 3.63) is 29.8 Å². The molecular formula is C12H16ClF2NO2S. The highest BCUT2D eigenvalue weighted by Gasteiger charge is 2.24. The number of halogens is 3. The van der Waals surface area contributed by atoms with Gasteiger partial charge < -0.3 is 0 Å². The average Bonchev–Trinajstić information content (AvgIpc) is 2.30. The van der Waals surface area contributed by atoms with Crippen molar-refractivity contribution in [1.29, 1.82) is 0 Å². The van der Waals surface area contributed by atoms with Gasteiger partial charge in [0.2, 0.25) is 10.0 Å². The second-order valence-electron chi connectivity index (χ2n) is 4.68. The van der Waals surface area contributed by atoms with E-state index in [9.17, 15) is 17.2 Å². The van der Waals surface area contributed by atoms with Gasteiger partial charge in [-0.2, -0.15) is 0 Å². The van der Waals surface area contributed by atoms with Crippen molar-refractivity contribution >= 4 is 21.6 Å². The molecule has 0 bridgehead atoms. The van der Waals surface area contributed by atoms with Crippen molar-refractivity contribution in [2.75, 3.05) is 5.88 Å². The van der Waals surface area contributed by atoms with Gasteiger partial charge in [-0.15, -0.1) is 11.6 Å². The topological polar surface area (TPSA) is 46.2 Å². The monoisotopic (exact) mass is 311 g/mol. The van der Waals surface area contributed by atoms with Crippen LogP contribution < -0.4 is 4.72 Å². The smallest absolute Gasteiger partial charge is 0.207 e. The van der Waals surface area contributed by atoms with Crippen LogP contribution in [0.2, 0.25) is 0 Å². The van der Waals surface area contributed by atoms with E-state index in [0.29, 0.717) is 12.5 Å². The summed E-state index contributed by atoms with van der Waals surface area (Å²) in [5.74, 6) is -1.52. The number of hydrogen-bond acceptors (Lipinski definition) is 2. The first-order valence-electron chi connectivity index (χ1n) is 5.79. The molecule has 0 aliphatic heterocycles. The molecule has 0 aliphatic carbocycles. The van der Waals surface area contributed by atoms with Crippen LogP contribution in [0, 0.1) is 17.6 Å². The molecule has 3 nitrogen and oxygen atoms in total. The molecular weight excluding hydrogens is 296 g/mol. The van der Waals surface area contributed by atoms with Gasteiger partial charge in [-0.25, -0.2) is 21.9 Å². The van der Waals surface area contributed by atoms with Gasteiger partial charge in [0.05, 0.1) is 0 Å². The van der Waals surface area contributed by atoms with E-state index in [1.165, 1.54) is 0 Å². The Kier molecular flexibility index (Phi) is 5.70. The van der Waals surface area contributed by atoms with Crippen molar-refractivity contribution < 1.29 is 17.2 Å². The van der Waals surface area contributed by atoms with Crippen LogP contribution in [0.1, 0.15) is 20.3 Å². The maximum Gasteiger partial charge on any atom is 0.243 e. The first kappa shape index (κ1) is 16.3. The second-order valence-corrected chi connectivity index (χ2v) is 6.67. The Morgan fingerprint density at radius 3 is 2.47 bits per heavy atom.